The van der Waals surface area contributed by atoms with Crippen molar-refractivity contribution in [3.05, 3.63) is 58.4 Å². The van der Waals surface area contributed by atoms with Crippen molar-refractivity contribution in [2.45, 2.75) is 26.3 Å². The van der Waals surface area contributed by atoms with Crippen LogP contribution in [-0.2, 0) is 11.3 Å². The number of ether oxygens (including phenoxy) is 1. The summed E-state index contributed by atoms with van der Waals surface area (Å²) in [5, 5.41) is 16.6. The standard InChI is InChI=1S/C23H23ClN6O2S/c1-15-13-17(6-7-19(15)24)32-12-11-28-10-4-5-16(28)14-18-20(25)30-22(26-21(18)31)33-23(27-30)29-8-2-3-9-29/h4-7,10,13-14,25H,2-3,8-9,11-12H2,1H3/b18-14+,25-20?. The molecule has 0 bridgehead atoms. The van der Waals surface area contributed by atoms with E-state index in [9.17, 15) is 4.79 Å². The number of fused-ring (bicyclic) bond motifs is 1. The molecule has 8 nitrogen and oxygen atoms in total. The Morgan fingerprint density at radius 1 is 1.24 bits per heavy atom. The van der Waals surface area contributed by atoms with Gasteiger partial charge in [-0.3, -0.25) is 10.2 Å². The number of nitrogens with one attached hydrogen (secondary N) is 1. The number of nitrogens with zero attached hydrogens (tertiary/aromatic N) is 5. The molecule has 0 aliphatic carbocycles. The Labute approximate surface area is 201 Å². The molecule has 10 heteroatoms. The topological polar surface area (TPSA) is 86.3 Å². The van der Waals surface area contributed by atoms with Crippen molar-refractivity contribution in [3.63, 3.8) is 0 Å². The fourth-order valence-electron chi connectivity index (χ4n) is 3.90. The van der Waals surface area contributed by atoms with E-state index >= 15 is 0 Å². The Morgan fingerprint density at radius 3 is 2.85 bits per heavy atom. The van der Waals surface area contributed by atoms with E-state index in [0.717, 1.165) is 48.1 Å². The first-order chi connectivity index (χ1) is 16.0. The molecular weight excluding hydrogens is 460 g/mol. The Hall–Kier alpha value is -3.04. The molecule has 170 valence electrons. The molecular formula is C23H23ClN6O2S. The van der Waals surface area contributed by atoms with Gasteiger partial charge in [-0.1, -0.05) is 11.6 Å². The fraction of sp³-hybridized carbons (Fsp3) is 0.304. The summed E-state index contributed by atoms with van der Waals surface area (Å²) >= 11 is 7.43. The number of thioether (sulfide) groups is 1. The summed E-state index contributed by atoms with van der Waals surface area (Å²) in [4.78, 5) is 19.1. The molecule has 1 aromatic heterocycles. The highest BCUT2D eigenvalue weighted by molar-refractivity contribution is 8.26. The van der Waals surface area contributed by atoms with Crippen molar-refractivity contribution < 1.29 is 9.53 Å². The van der Waals surface area contributed by atoms with E-state index in [4.69, 9.17) is 21.7 Å². The van der Waals surface area contributed by atoms with Gasteiger partial charge in [0.05, 0.1) is 12.1 Å². The lowest BCUT2D eigenvalue weighted by Crippen LogP contribution is -2.35. The van der Waals surface area contributed by atoms with Gasteiger partial charge >= 0.3 is 0 Å². The van der Waals surface area contributed by atoms with E-state index in [0.29, 0.717) is 23.3 Å². The molecule has 1 fully saturated rings. The van der Waals surface area contributed by atoms with E-state index in [-0.39, 0.29) is 11.4 Å². The molecule has 1 aromatic carbocycles. The van der Waals surface area contributed by atoms with E-state index in [1.54, 1.807) is 6.08 Å². The van der Waals surface area contributed by atoms with Crippen LogP contribution in [-0.4, -0.2) is 56.3 Å². The number of aromatic nitrogens is 1. The average Bonchev–Trinajstić information content (AvgIpc) is 3.54. The molecule has 4 heterocycles. The van der Waals surface area contributed by atoms with Crippen LogP contribution in [0.15, 0.2) is 52.2 Å². The Balaban J connectivity index is 1.30. The number of amides is 1. The summed E-state index contributed by atoms with van der Waals surface area (Å²) in [7, 11) is 0. The molecule has 0 radical (unpaired) electrons. The zero-order valence-electron chi connectivity index (χ0n) is 18.1. The number of carbonyl (C=O) groups excluding carboxylic acids is 1. The van der Waals surface area contributed by atoms with Gasteiger partial charge in [-0.25, -0.2) is 0 Å². The number of hydrogen-bond donors (Lipinski definition) is 1. The van der Waals surface area contributed by atoms with Crippen LogP contribution in [0.1, 0.15) is 24.1 Å². The van der Waals surface area contributed by atoms with Crippen LogP contribution >= 0.6 is 23.4 Å². The number of rotatable bonds is 5. The van der Waals surface area contributed by atoms with Gasteiger partial charge in [0.2, 0.25) is 5.17 Å². The van der Waals surface area contributed by atoms with Crippen molar-refractivity contribution in [3.8, 4) is 5.75 Å². The second kappa shape index (κ2) is 9.07. The Bertz CT molecular complexity index is 1210. The van der Waals surface area contributed by atoms with Gasteiger partial charge in [0.1, 0.15) is 12.4 Å². The number of halogens is 1. The number of hydrogen-bond acceptors (Lipinski definition) is 6. The zero-order chi connectivity index (χ0) is 22.9. The summed E-state index contributed by atoms with van der Waals surface area (Å²) in [6.07, 6.45) is 5.88. The van der Waals surface area contributed by atoms with Crippen molar-refractivity contribution in [1.82, 2.24) is 14.5 Å². The lowest BCUT2D eigenvalue weighted by molar-refractivity contribution is -0.114. The van der Waals surface area contributed by atoms with Gasteiger partial charge in [-0.05, 0) is 73.5 Å². The number of benzene rings is 1. The Kier molecular flexibility index (Phi) is 5.99. The first-order valence-corrected chi connectivity index (χ1v) is 12.0. The molecule has 5 rings (SSSR count). The third-order valence-electron chi connectivity index (χ3n) is 5.71. The minimum atomic E-state index is -0.419. The largest absolute Gasteiger partial charge is 0.492 e. The molecule has 2 aromatic rings. The number of aryl methyl sites for hydroxylation is 1. The van der Waals surface area contributed by atoms with E-state index in [1.807, 2.05) is 48.0 Å². The van der Waals surface area contributed by atoms with Crippen molar-refractivity contribution in [2.75, 3.05) is 19.7 Å². The van der Waals surface area contributed by atoms with Gasteiger partial charge in [0.15, 0.2) is 11.0 Å². The summed E-state index contributed by atoms with van der Waals surface area (Å²) in [5.74, 6) is 0.387. The zero-order valence-corrected chi connectivity index (χ0v) is 19.7. The average molecular weight is 483 g/mol. The van der Waals surface area contributed by atoms with Gasteiger partial charge in [-0.15, -0.1) is 5.10 Å². The molecule has 0 atom stereocenters. The maximum atomic E-state index is 12.7. The highest BCUT2D eigenvalue weighted by Crippen LogP contribution is 2.31. The van der Waals surface area contributed by atoms with Crippen LogP contribution in [0, 0.1) is 12.3 Å². The van der Waals surface area contributed by atoms with E-state index in [2.05, 4.69) is 15.0 Å². The van der Waals surface area contributed by atoms with Gasteiger partial charge < -0.3 is 14.2 Å². The summed E-state index contributed by atoms with van der Waals surface area (Å²) < 4.78 is 7.83. The molecule has 0 spiro atoms. The number of aliphatic imine (C=N–C) groups is 1. The second-order valence-corrected chi connectivity index (χ2v) is 9.32. The summed E-state index contributed by atoms with van der Waals surface area (Å²) in [5.41, 5.74) is 1.98. The molecule has 3 aliphatic rings. The first-order valence-electron chi connectivity index (χ1n) is 10.8. The normalized spacial score (nSPS) is 19.3. The first kappa shape index (κ1) is 21.8. The van der Waals surface area contributed by atoms with E-state index < -0.39 is 5.91 Å². The third kappa shape index (κ3) is 4.43. The fourth-order valence-corrected chi connectivity index (χ4v) is 4.96. The third-order valence-corrected chi connectivity index (χ3v) is 7.10. The predicted molar refractivity (Wildman–Crippen MR) is 132 cm³/mol. The maximum Gasteiger partial charge on any atom is 0.283 e. The van der Waals surface area contributed by atoms with Gasteiger partial charge in [0.25, 0.3) is 5.91 Å². The minimum Gasteiger partial charge on any atom is -0.492 e. The molecule has 33 heavy (non-hydrogen) atoms. The lowest BCUT2D eigenvalue weighted by atomic mass is 10.1. The molecule has 3 aliphatic heterocycles. The minimum absolute atomic E-state index is 0.0485. The van der Waals surface area contributed by atoms with Crippen molar-refractivity contribution in [2.24, 2.45) is 10.1 Å². The summed E-state index contributed by atoms with van der Waals surface area (Å²) in [6, 6.07) is 9.37. The highest BCUT2D eigenvalue weighted by Gasteiger charge is 2.37. The van der Waals surface area contributed by atoms with Crippen molar-refractivity contribution >= 4 is 51.5 Å². The lowest BCUT2D eigenvalue weighted by Gasteiger charge is -2.20. The SMILES string of the molecule is Cc1cc(OCCn2cccc2/C=C2\C(=N)N3N=C(N4CCCC4)SC3=NC2=O)ccc1Cl. The van der Waals surface area contributed by atoms with Gasteiger partial charge in [-0.2, -0.15) is 10.0 Å². The van der Waals surface area contributed by atoms with Crippen LogP contribution in [0.25, 0.3) is 6.08 Å². The number of hydrazone groups is 1. The smallest absolute Gasteiger partial charge is 0.283 e. The van der Waals surface area contributed by atoms with Crippen LogP contribution in [0.3, 0.4) is 0 Å². The number of likely N-dealkylation sites (tertiary alicyclic amines) is 1. The predicted octanol–water partition coefficient (Wildman–Crippen LogP) is 4.20. The van der Waals surface area contributed by atoms with Crippen LogP contribution < -0.4 is 4.74 Å². The molecule has 1 N–H and O–H groups in total. The monoisotopic (exact) mass is 482 g/mol. The van der Waals surface area contributed by atoms with Crippen molar-refractivity contribution in [1.29, 1.82) is 5.41 Å². The number of carbonyl (C=O) groups is 1. The van der Waals surface area contributed by atoms with E-state index in [1.165, 1.54) is 16.8 Å². The van der Waals surface area contributed by atoms with Crippen LogP contribution in [0.4, 0.5) is 0 Å². The molecule has 0 saturated carbocycles. The molecule has 1 saturated heterocycles. The second-order valence-electron chi connectivity index (χ2n) is 7.98. The number of amidine groups is 3. The quantitative estimate of drug-likeness (QED) is 0.645. The van der Waals surface area contributed by atoms with Crippen LogP contribution in [0.2, 0.25) is 5.02 Å². The Morgan fingerprint density at radius 2 is 2.06 bits per heavy atom. The van der Waals surface area contributed by atoms with Gasteiger partial charge in [0, 0.05) is 30.0 Å². The molecule has 0 unspecified atom stereocenters. The van der Waals surface area contributed by atoms with Crippen LogP contribution in [0.5, 0.6) is 5.75 Å². The highest BCUT2D eigenvalue weighted by atomic mass is 35.5. The summed E-state index contributed by atoms with van der Waals surface area (Å²) in [6.45, 7) is 4.86. The molecule has 1 amide bonds. The maximum absolute atomic E-state index is 12.7.